The lowest BCUT2D eigenvalue weighted by Gasteiger charge is -2.34. The molecule has 4 nitrogen and oxygen atoms in total. The van der Waals surface area contributed by atoms with Crippen molar-refractivity contribution in [3.8, 4) is 0 Å². The Balaban J connectivity index is 1.66. The van der Waals surface area contributed by atoms with Crippen LogP contribution in [0.1, 0.15) is 51.0 Å². The maximum atomic E-state index is 12.8. The number of benzene rings is 1. The van der Waals surface area contributed by atoms with Crippen molar-refractivity contribution in [1.82, 2.24) is 9.62 Å². The first-order valence-electron chi connectivity index (χ1n) is 8.82. The number of hydrogen-bond acceptors (Lipinski definition) is 3. The van der Waals surface area contributed by atoms with E-state index in [4.69, 9.17) is 0 Å². The summed E-state index contributed by atoms with van der Waals surface area (Å²) in [5.41, 5.74) is 1.18. The molecule has 2 saturated heterocycles. The maximum absolute atomic E-state index is 12.8. The molecule has 0 spiro atoms. The van der Waals surface area contributed by atoms with Crippen LogP contribution in [0.25, 0.3) is 0 Å². The SMILES string of the molecule is CC(C)c1ccc(S(=O)(=O)N2CCC(C3CCCN3)CC2)cc1. The zero-order chi connectivity index (χ0) is 16.4. The molecule has 0 amide bonds. The molecule has 23 heavy (non-hydrogen) atoms. The van der Waals surface area contributed by atoms with Crippen LogP contribution in [0.2, 0.25) is 0 Å². The first kappa shape index (κ1) is 16.9. The van der Waals surface area contributed by atoms with E-state index >= 15 is 0 Å². The summed E-state index contributed by atoms with van der Waals surface area (Å²) < 4.78 is 27.3. The van der Waals surface area contributed by atoms with Gasteiger partial charge in [0.1, 0.15) is 0 Å². The van der Waals surface area contributed by atoms with Crippen LogP contribution in [-0.2, 0) is 10.0 Å². The molecule has 0 aliphatic carbocycles. The highest BCUT2D eigenvalue weighted by atomic mass is 32.2. The van der Waals surface area contributed by atoms with Crippen molar-refractivity contribution in [2.75, 3.05) is 19.6 Å². The molecule has 2 aliphatic rings. The Bertz CT molecular complexity index is 611. The Morgan fingerprint density at radius 2 is 1.74 bits per heavy atom. The van der Waals surface area contributed by atoms with E-state index in [1.54, 1.807) is 16.4 Å². The second-order valence-corrected chi connectivity index (χ2v) is 9.11. The minimum atomic E-state index is -3.34. The lowest BCUT2D eigenvalue weighted by molar-refractivity contribution is 0.234. The zero-order valence-electron chi connectivity index (χ0n) is 14.2. The number of nitrogens with zero attached hydrogens (tertiary/aromatic N) is 1. The average Bonchev–Trinajstić information content (AvgIpc) is 3.09. The third-order valence-electron chi connectivity index (χ3n) is 5.35. The second kappa shape index (κ2) is 6.91. The van der Waals surface area contributed by atoms with E-state index in [9.17, 15) is 8.42 Å². The van der Waals surface area contributed by atoms with Crippen LogP contribution in [0.3, 0.4) is 0 Å². The highest BCUT2D eigenvalue weighted by molar-refractivity contribution is 7.89. The summed E-state index contributed by atoms with van der Waals surface area (Å²) in [7, 11) is -3.34. The molecule has 1 unspecified atom stereocenters. The van der Waals surface area contributed by atoms with E-state index in [1.165, 1.54) is 18.4 Å². The molecule has 0 saturated carbocycles. The van der Waals surface area contributed by atoms with E-state index in [0.29, 0.717) is 35.9 Å². The summed E-state index contributed by atoms with van der Waals surface area (Å²) in [5.74, 6) is 1.05. The van der Waals surface area contributed by atoms with Gasteiger partial charge in [-0.05, 0) is 61.8 Å². The van der Waals surface area contributed by atoms with Crippen molar-refractivity contribution >= 4 is 10.0 Å². The first-order chi connectivity index (χ1) is 11.0. The van der Waals surface area contributed by atoms with Crippen molar-refractivity contribution in [3.63, 3.8) is 0 Å². The molecule has 2 heterocycles. The number of hydrogen-bond donors (Lipinski definition) is 1. The Labute approximate surface area is 140 Å². The molecule has 2 aliphatic heterocycles. The van der Waals surface area contributed by atoms with E-state index in [2.05, 4.69) is 19.2 Å². The minimum Gasteiger partial charge on any atom is -0.314 e. The molecule has 0 bridgehead atoms. The van der Waals surface area contributed by atoms with Crippen LogP contribution >= 0.6 is 0 Å². The van der Waals surface area contributed by atoms with Gasteiger partial charge in [0.05, 0.1) is 4.90 Å². The fourth-order valence-corrected chi connectivity index (χ4v) is 5.28. The van der Waals surface area contributed by atoms with E-state index in [0.717, 1.165) is 19.4 Å². The highest BCUT2D eigenvalue weighted by Crippen LogP contribution is 2.29. The maximum Gasteiger partial charge on any atom is 0.243 e. The molecule has 3 rings (SSSR count). The van der Waals surface area contributed by atoms with Gasteiger partial charge in [-0.15, -0.1) is 0 Å². The summed E-state index contributed by atoms with van der Waals surface area (Å²) in [6, 6.07) is 7.99. The number of nitrogens with one attached hydrogen (secondary N) is 1. The number of rotatable bonds is 4. The normalized spacial score (nSPS) is 24.4. The van der Waals surface area contributed by atoms with Gasteiger partial charge in [0.15, 0.2) is 0 Å². The first-order valence-corrected chi connectivity index (χ1v) is 10.3. The molecule has 0 radical (unpaired) electrons. The molecule has 2 fully saturated rings. The van der Waals surface area contributed by atoms with E-state index in [-0.39, 0.29) is 0 Å². The Morgan fingerprint density at radius 1 is 1.09 bits per heavy atom. The molecule has 5 heteroatoms. The van der Waals surface area contributed by atoms with Gasteiger partial charge in [0.2, 0.25) is 10.0 Å². The molecule has 1 atom stereocenters. The number of sulfonamides is 1. The zero-order valence-corrected chi connectivity index (χ0v) is 15.0. The fourth-order valence-electron chi connectivity index (χ4n) is 3.81. The van der Waals surface area contributed by atoms with Gasteiger partial charge < -0.3 is 5.32 Å². The predicted molar refractivity (Wildman–Crippen MR) is 93.0 cm³/mol. The number of piperidine rings is 1. The molecule has 128 valence electrons. The van der Waals surface area contributed by atoms with Crippen LogP contribution in [0, 0.1) is 5.92 Å². The standard InChI is InChI=1S/C18H28N2O2S/c1-14(2)15-5-7-17(8-6-15)23(21,22)20-12-9-16(10-13-20)18-4-3-11-19-18/h5-8,14,16,18-19H,3-4,9-13H2,1-2H3. The van der Waals surface area contributed by atoms with Crippen LogP contribution in [0.15, 0.2) is 29.2 Å². The Hall–Kier alpha value is -0.910. The largest absolute Gasteiger partial charge is 0.314 e. The summed E-state index contributed by atoms with van der Waals surface area (Å²) in [6.07, 6.45) is 4.45. The summed E-state index contributed by atoms with van der Waals surface area (Å²) in [5, 5.41) is 3.56. The quantitative estimate of drug-likeness (QED) is 0.919. The smallest absolute Gasteiger partial charge is 0.243 e. The molecule has 1 aromatic carbocycles. The van der Waals surface area contributed by atoms with Crippen molar-refractivity contribution in [2.24, 2.45) is 5.92 Å². The minimum absolute atomic E-state index is 0.418. The predicted octanol–water partition coefficient (Wildman–Crippen LogP) is 2.96. The van der Waals surface area contributed by atoms with Crippen LogP contribution in [0.5, 0.6) is 0 Å². The van der Waals surface area contributed by atoms with Gasteiger partial charge in [-0.2, -0.15) is 4.31 Å². The van der Waals surface area contributed by atoms with Crippen molar-refractivity contribution in [1.29, 1.82) is 0 Å². The molecular weight excluding hydrogens is 308 g/mol. The topological polar surface area (TPSA) is 49.4 Å². The van der Waals surface area contributed by atoms with Crippen LogP contribution < -0.4 is 5.32 Å². The van der Waals surface area contributed by atoms with Gasteiger partial charge in [0.25, 0.3) is 0 Å². The lowest BCUT2D eigenvalue weighted by atomic mass is 9.89. The van der Waals surface area contributed by atoms with Gasteiger partial charge in [-0.1, -0.05) is 26.0 Å². The lowest BCUT2D eigenvalue weighted by Crippen LogP contribution is -2.43. The Morgan fingerprint density at radius 3 is 2.26 bits per heavy atom. The van der Waals surface area contributed by atoms with Crippen LogP contribution in [0.4, 0.5) is 0 Å². The van der Waals surface area contributed by atoms with E-state index < -0.39 is 10.0 Å². The molecule has 0 aromatic heterocycles. The van der Waals surface area contributed by atoms with Crippen molar-refractivity contribution in [2.45, 2.75) is 56.4 Å². The highest BCUT2D eigenvalue weighted by Gasteiger charge is 2.33. The fraction of sp³-hybridized carbons (Fsp3) is 0.667. The van der Waals surface area contributed by atoms with Gasteiger partial charge in [-0.3, -0.25) is 0 Å². The molecule has 1 N–H and O–H groups in total. The summed E-state index contributed by atoms with van der Waals surface area (Å²) in [4.78, 5) is 0.430. The van der Waals surface area contributed by atoms with Gasteiger partial charge >= 0.3 is 0 Å². The monoisotopic (exact) mass is 336 g/mol. The van der Waals surface area contributed by atoms with Crippen LogP contribution in [-0.4, -0.2) is 38.4 Å². The molecule has 1 aromatic rings. The summed E-state index contributed by atoms with van der Waals surface area (Å²) >= 11 is 0. The third kappa shape index (κ3) is 3.62. The van der Waals surface area contributed by atoms with Gasteiger partial charge in [0, 0.05) is 19.1 Å². The van der Waals surface area contributed by atoms with Gasteiger partial charge in [-0.25, -0.2) is 8.42 Å². The Kier molecular flexibility index (Phi) is 5.09. The van der Waals surface area contributed by atoms with E-state index in [1.807, 2.05) is 12.1 Å². The summed E-state index contributed by atoms with van der Waals surface area (Å²) in [6.45, 7) is 6.65. The average molecular weight is 337 g/mol. The second-order valence-electron chi connectivity index (χ2n) is 7.17. The van der Waals surface area contributed by atoms with Crippen molar-refractivity contribution in [3.05, 3.63) is 29.8 Å². The third-order valence-corrected chi connectivity index (χ3v) is 7.26. The van der Waals surface area contributed by atoms with Crippen molar-refractivity contribution < 1.29 is 8.42 Å². The molecular formula is C18H28N2O2S.